The first-order valence-corrected chi connectivity index (χ1v) is 10.7. The van der Waals surface area contributed by atoms with Gasteiger partial charge in [-0.2, -0.15) is 0 Å². The average molecular weight is 431 g/mol. The Morgan fingerprint density at radius 3 is 2.69 bits per heavy atom. The number of hydrogen-bond acceptors (Lipinski definition) is 7. The molecule has 4 rings (SSSR count). The van der Waals surface area contributed by atoms with Crippen molar-refractivity contribution in [2.24, 2.45) is 11.0 Å². The van der Waals surface area contributed by atoms with Crippen molar-refractivity contribution in [2.45, 2.75) is 38.5 Å². The molecule has 1 aromatic heterocycles. The van der Waals surface area contributed by atoms with Crippen molar-refractivity contribution in [3.05, 3.63) is 65.2 Å². The molecule has 0 spiro atoms. The molecule has 2 N–H and O–H groups in total. The number of rotatable bonds is 7. The number of carbonyl (C=O) groups is 1. The van der Waals surface area contributed by atoms with E-state index in [1.54, 1.807) is 35.4 Å². The molecule has 0 unspecified atom stereocenters. The summed E-state index contributed by atoms with van der Waals surface area (Å²) in [7, 11) is 1.83. The maximum Gasteiger partial charge on any atom is 0.245 e. The Hall–Kier alpha value is -3.65. The number of hydrogen-bond donors (Lipinski definition) is 1. The van der Waals surface area contributed by atoms with Crippen molar-refractivity contribution in [3.8, 4) is 11.3 Å². The van der Waals surface area contributed by atoms with Gasteiger partial charge in [0.05, 0.1) is 11.4 Å². The van der Waals surface area contributed by atoms with Crippen molar-refractivity contribution >= 4 is 28.9 Å². The Morgan fingerprint density at radius 2 is 2.00 bits per heavy atom. The Kier molecular flexibility index (Phi) is 6.23. The maximum absolute atomic E-state index is 12.4. The number of hydrazine groups is 1. The fourth-order valence-corrected chi connectivity index (χ4v) is 3.87. The summed E-state index contributed by atoms with van der Waals surface area (Å²) in [6, 6.07) is 14.6. The first-order chi connectivity index (χ1) is 15.5. The molecule has 32 heavy (non-hydrogen) atoms. The zero-order chi connectivity index (χ0) is 22.7. The minimum absolute atomic E-state index is 0.0721. The van der Waals surface area contributed by atoms with Crippen molar-refractivity contribution < 1.29 is 4.79 Å². The highest BCUT2D eigenvalue weighted by Crippen LogP contribution is 2.42. The third-order valence-corrected chi connectivity index (χ3v) is 5.98. The van der Waals surface area contributed by atoms with E-state index < -0.39 is 0 Å². The van der Waals surface area contributed by atoms with Crippen molar-refractivity contribution in [1.82, 2.24) is 9.97 Å². The molecule has 8 heteroatoms. The van der Waals surface area contributed by atoms with Gasteiger partial charge in [0.25, 0.3) is 0 Å². The molecule has 164 valence electrons. The summed E-state index contributed by atoms with van der Waals surface area (Å²) in [5.41, 5.74) is 4.52. The molecule has 1 aliphatic carbocycles. The lowest BCUT2D eigenvalue weighted by atomic mass is 9.79. The van der Waals surface area contributed by atoms with E-state index in [-0.39, 0.29) is 17.5 Å². The number of carbonyl (C=O) groups excluding carboxylic acids is 1. The highest BCUT2D eigenvalue weighted by Gasteiger charge is 2.25. The van der Waals surface area contributed by atoms with Crippen LogP contribution in [0.25, 0.3) is 11.3 Å². The summed E-state index contributed by atoms with van der Waals surface area (Å²) in [5.74, 6) is 7.07. The van der Waals surface area contributed by atoms with Gasteiger partial charge >= 0.3 is 0 Å². The van der Waals surface area contributed by atoms with Crippen LogP contribution < -0.4 is 15.8 Å². The van der Waals surface area contributed by atoms with E-state index in [9.17, 15) is 9.70 Å². The molecule has 1 aliphatic rings. The number of nitrogens with zero attached hydrogens (tertiary/aromatic N) is 5. The van der Waals surface area contributed by atoms with Gasteiger partial charge in [-0.25, -0.2) is 20.8 Å². The Labute approximate surface area is 187 Å². The molecule has 0 saturated heterocycles. The lowest BCUT2D eigenvalue weighted by Crippen LogP contribution is -2.27. The summed E-state index contributed by atoms with van der Waals surface area (Å²) in [6.45, 7) is 1.87. The van der Waals surface area contributed by atoms with Gasteiger partial charge in [0.1, 0.15) is 5.69 Å². The quantitative estimate of drug-likeness (QED) is 0.314. The standard InChI is InChI=1S/C24H26N6O2/c1-3-23(31)29(2)22-14-17(10-11-20(22)16-6-4-7-16)21-12-13-26-24(27-21)30(25)19-9-5-8-18(15-19)28-32/h5,8-16H,3-4,6-7,25H2,1-2H3. The van der Waals surface area contributed by atoms with E-state index in [2.05, 4.69) is 21.2 Å². The van der Waals surface area contributed by atoms with Crippen LogP contribution in [0.1, 0.15) is 44.1 Å². The molecule has 1 heterocycles. The van der Waals surface area contributed by atoms with Crippen LogP contribution in [0.3, 0.4) is 0 Å². The van der Waals surface area contributed by atoms with Gasteiger partial charge in [0, 0.05) is 30.9 Å². The predicted molar refractivity (Wildman–Crippen MR) is 126 cm³/mol. The summed E-state index contributed by atoms with van der Waals surface area (Å²) in [6.07, 6.45) is 5.60. The SMILES string of the molecule is CCC(=O)N(C)c1cc(-c2ccnc(N(N)c3cccc(N=O)c3)n2)ccc1C1CCC1. The van der Waals surface area contributed by atoms with Crippen molar-refractivity contribution in [2.75, 3.05) is 17.0 Å². The first kappa shape index (κ1) is 21.6. The summed E-state index contributed by atoms with van der Waals surface area (Å²) < 4.78 is 0. The minimum Gasteiger partial charge on any atom is -0.315 e. The zero-order valence-corrected chi connectivity index (χ0v) is 18.2. The molecular formula is C24H26N6O2. The number of aromatic nitrogens is 2. The molecular weight excluding hydrogens is 404 g/mol. The fourth-order valence-electron chi connectivity index (χ4n) is 3.87. The highest BCUT2D eigenvalue weighted by atomic mass is 16.3. The smallest absolute Gasteiger partial charge is 0.245 e. The normalized spacial score (nSPS) is 13.3. The van der Waals surface area contributed by atoms with Gasteiger partial charge in [0.2, 0.25) is 11.9 Å². The monoisotopic (exact) mass is 430 g/mol. The molecule has 0 aliphatic heterocycles. The number of benzene rings is 2. The van der Waals surface area contributed by atoms with Crippen LogP contribution in [0.15, 0.2) is 59.9 Å². The van der Waals surface area contributed by atoms with E-state index in [0.29, 0.717) is 23.7 Å². The molecule has 3 aromatic rings. The van der Waals surface area contributed by atoms with Crippen LogP contribution in [0.5, 0.6) is 0 Å². The number of amides is 1. The van der Waals surface area contributed by atoms with Crippen LogP contribution in [0.2, 0.25) is 0 Å². The van der Waals surface area contributed by atoms with E-state index in [1.165, 1.54) is 17.0 Å². The Balaban J connectivity index is 1.70. The lowest BCUT2D eigenvalue weighted by molar-refractivity contribution is -0.118. The van der Waals surface area contributed by atoms with Gasteiger partial charge < -0.3 is 4.90 Å². The maximum atomic E-state index is 12.4. The number of nitrogens with two attached hydrogens (primary N) is 1. The van der Waals surface area contributed by atoms with Crippen molar-refractivity contribution in [1.29, 1.82) is 0 Å². The fraction of sp³-hybridized carbons (Fsp3) is 0.292. The van der Waals surface area contributed by atoms with E-state index in [1.807, 2.05) is 32.2 Å². The van der Waals surface area contributed by atoms with Crippen LogP contribution in [-0.2, 0) is 4.79 Å². The average Bonchev–Trinajstić information content (AvgIpc) is 2.81. The van der Waals surface area contributed by atoms with Crippen LogP contribution in [0.4, 0.5) is 23.0 Å². The molecule has 0 atom stereocenters. The molecule has 8 nitrogen and oxygen atoms in total. The largest absolute Gasteiger partial charge is 0.315 e. The third-order valence-electron chi connectivity index (χ3n) is 5.98. The van der Waals surface area contributed by atoms with E-state index in [0.717, 1.165) is 24.1 Å². The third kappa shape index (κ3) is 4.22. The number of anilines is 3. The summed E-state index contributed by atoms with van der Waals surface area (Å²) in [5, 5.41) is 4.26. The number of nitroso groups, excluding NO2 is 1. The van der Waals surface area contributed by atoms with Gasteiger partial charge in [-0.05, 0) is 59.8 Å². The molecule has 2 aromatic carbocycles. The van der Waals surface area contributed by atoms with Gasteiger partial charge in [-0.3, -0.25) is 4.79 Å². The molecule has 0 radical (unpaired) electrons. The van der Waals surface area contributed by atoms with Gasteiger partial charge in [0.15, 0.2) is 0 Å². The Morgan fingerprint density at radius 1 is 1.19 bits per heavy atom. The van der Waals surface area contributed by atoms with Gasteiger partial charge in [-0.1, -0.05) is 31.5 Å². The zero-order valence-electron chi connectivity index (χ0n) is 18.2. The summed E-state index contributed by atoms with van der Waals surface area (Å²) >= 11 is 0. The molecule has 1 amide bonds. The van der Waals surface area contributed by atoms with Crippen molar-refractivity contribution in [3.63, 3.8) is 0 Å². The molecule has 0 bridgehead atoms. The van der Waals surface area contributed by atoms with Crippen LogP contribution >= 0.6 is 0 Å². The Bertz CT molecular complexity index is 1140. The second kappa shape index (κ2) is 9.23. The highest BCUT2D eigenvalue weighted by molar-refractivity contribution is 5.94. The second-order valence-electron chi connectivity index (χ2n) is 7.93. The second-order valence-corrected chi connectivity index (χ2v) is 7.93. The molecule has 1 saturated carbocycles. The lowest BCUT2D eigenvalue weighted by Gasteiger charge is -2.31. The van der Waals surface area contributed by atoms with E-state index in [4.69, 9.17) is 5.84 Å². The van der Waals surface area contributed by atoms with Crippen LogP contribution in [-0.4, -0.2) is 22.9 Å². The minimum atomic E-state index is 0.0721. The molecule has 1 fully saturated rings. The van der Waals surface area contributed by atoms with Crippen LogP contribution in [0, 0.1) is 4.91 Å². The topological polar surface area (TPSA) is 105 Å². The van der Waals surface area contributed by atoms with E-state index >= 15 is 0 Å². The summed E-state index contributed by atoms with van der Waals surface area (Å²) in [4.78, 5) is 33.9. The van der Waals surface area contributed by atoms with Gasteiger partial charge in [-0.15, -0.1) is 4.91 Å². The predicted octanol–water partition coefficient (Wildman–Crippen LogP) is 5.19. The first-order valence-electron chi connectivity index (χ1n) is 10.7.